The Morgan fingerprint density at radius 3 is 1.64 bits per heavy atom. The SMILES string of the molecule is O[C@H]1C(F)O[C@H](COCc2ccccc2)[C@H](OCc2ccccc2)[C@@H]1OCc1ccccc1. The number of alkyl halides is 1. The summed E-state index contributed by atoms with van der Waals surface area (Å²) in [7, 11) is 0. The van der Waals surface area contributed by atoms with E-state index in [1.807, 2.05) is 91.0 Å². The van der Waals surface area contributed by atoms with Crippen LogP contribution >= 0.6 is 0 Å². The van der Waals surface area contributed by atoms with E-state index in [0.717, 1.165) is 16.7 Å². The maximum absolute atomic E-state index is 14.6. The molecular weight excluding hydrogens is 423 g/mol. The summed E-state index contributed by atoms with van der Waals surface area (Å²) in [4.78, 5) is 0. The topological polar surface area (TPSA) is 57.2 Å². The van der Waals surface area contributed by atoms with Gasteiger partial charge in [0.25, 0.3) is 0 Å². The van der Waals surface area contributed by atoms with E-state index in [-0.39, 0.29) is 19.8 Å². The highest BCUT2D eigenvalue weighted by molar-refractivity contribution is 5.15. The van der Waals surface area contributed by atoms with Gasteiger partial charge in [-0.2, -0.15) is 0 Å². The number of hydrogen-bond donors (Lipinski definition) is 1. The molecule has 1 aliphatic rings. The molecule has 174 valence electrons. The Morgan fingerprint density at radius 2 is 1.12 bits per heavy atom. The molecule has 6 heteroatoms. The van der Waals surface area contributed by atoms with Crippen LogP contribution in [-0.2, 0) is 38.8 Å². The number of benzene rings is 3. The molecule has 0 radical (unpaired) electrons. The number of hydrogen-bond acceptors (Lipinski definition) is 5. The molecule has 1 heterocycles. The summed E-state index contributed by atoms with van der Waals surface area (Å²) in [5.74, 6) is 0. The van der Waals surface area contributed by atoms with Crippen LogP contribution in [0.1, 0.15) is 16.7 Å². The van der Waals surface area contributed by atoms with Crippen LogP contribution in [-0.4, -0.2) is 42.5 Å². The van der Waals surface area contributed by atoms with Crippen LogP contribution < -0.4 is 0 Å². The first-order valence-electron chi connectivity index (χ1n) is 11.1. The summed E-state index contributed by atoms with van der Waals surface area (Å²) < 4.78 is 38.1. The van der Waals surface area contributed by atoms with Gasteiger partial charge < -0.3 is 24.1 Å². The molecule has 0 spiro atoms. The van der Waals surface area contributed by atoms with E-state index in [1.54, 1.807) is 0 Å². The fourth-order valence-corrected chi connectivity index (χ4v) is 3.81. The van der Waals surface area contributed by atoms with Crippen LogP contribution in [0.15, 0.2) is 91.0 Å². The molecule has 3 aromatic rings. The lowest BCUT2D eigenvalue weighted by Gasteiger charge is -2.42. The van der Waals surface area contributed by atoms with E-state index in [0.29, 0.717) is 6.61 Å². The second-order valence-electron chi connectivity index (χ2n) is 8.04. The fourth-order valence-electron chi connectivity index (χ4n) is 3.81. The Balaban J connectivity index is 1.46. The van der Waals surface area contributed by atoms with Gasteiger partial charge in [0.1, 0.15) is 24.4 Å². The zero-order valence-electron chi connectivity index (χ0n) is 18.3. The molecule has 5 atom stereocenters. The number of ether oxygens (including phenoxy) is 4. The summed E-state index contributed by atoms with van der Waals surface area (Å²) >= 11 is 0. The van der Waals surface area contributed by atoms with E-state index in [2.05, 4.69) is 0 Å². The third-order valence-electron chi connectivity index (χ3n) is 5.56. The quantitative estimate of drug-likeness (QED) is 0.493. The molecule has 0 amide bonds. The van der Waals surface area contributed by atoms with Crippen molar-refractivity contribution < 1.29 is 28.4 Å². The Kier molecular flexibility index (Phi) is 8.58. The van der Waals surface area contributed by atoms with Gasteiger partial charge in [-0.15, -0.1) is 0 Å². The Labute approximate surface area is 193 Å². The molecule has 1 saturated heterocycles. The third-order valence-corrected chi connectivity index (χ3v) is 5.56. The molecule has 33 heavy (non-hydrogen) atoms. The van der Waals surface area contributed by atoms with Crippen LogP contribution in [0, 0.1) is 0 Å². The zero-order valence-corrected chi connectivity index (χ0v) is 18.3. The van der Waals surface area contributed by atoms with Gasteiger partial charge in [0.2, 0.25) is 6.36 Å². The summed E-state index contributed by atoms with van der Waals surface area (Å²) in [5, 5.41) is 10.6. The van der Waals surface area contributed by atoms with Crippen LogP contribution in [0.4, 0.5) is 4.39 Å². The van der Waals surface area contributed by atoms with Gasteiger partial charge in [0.05, 0.1) is 26.4 Å². The van der Waals surface area contributed by atoms with Gasteiger partial charge in [0, 0.05) is 0 Å². The lowest BCUT2D eigenvalue weighted by molar-refractivity contribution is -0.288. The molecule has 0 saturated carbocycles. The summed E-state index contributed by atoms with van der Waals surface area (Å²) in [6, 6.07) is 28.9. The molecule has 0 bridgehead atoms. The molecule has 1 unspecified atom stereocenters. The molecule has 1 aliphatic heterocycles. The average Bonchev–Trinajstić information content (AvgIpc) is 2.86. The van der Waals surface area contributed by atoms with Gasteiger partial charge in [-0.3, -0.25) is 0 Å². The predicted molar refractivity (Wildman–Crippen MR) is 122 cm³/mol. The molecular formula is C27H29FO5. The van der Waals surface area contributed by atoms with Crippen molar-refractivity contribution in [3.05, 3.63) is 108 Å². The molecule has 0 aromatic heterocycles. The highest BCUT2D eigenvalue weighted by Gasteiger charge is 2.47. The molecule has 3 aromatic carbocycles. The van der Waals surface area contributed by atoms with Crippen molar-refractivity contribution >= 4 is 0 Å². The second-order valence-corrected chi connectivity index (χ2v) is 8.04. The number of aliphatic hydroxyl groups is 1. The smallest absolute Gasteiger partial charge is 0.228 e. The Hall–Kier alpha value is -2.61. The van der Waals surface area contributed by atoms with E-state index in [9.17, 15) is 9.50 Å². The molecule has 1 fully saturated rings. The maximum Gasteiger partial charge on any atom is 0.228 e. The first-order chi connectivity index (χ1) is 16.2. The van der Waals surface area contributed by atoms with Crippen molar-refractivity contribution in [1.29, 1.82) is 0 Å². The van der Waals surface area contributed by atoms with Gasteiger partial charge in [-0.25, -0.2) is 4.39 Å². The highest BCUT2D eigenvalue weighted by Crippen LogP contribution is 2.29. The van der Waals surface area contributed by atoms with Crippen molar-refractivity contribution in [2.24, 2.45) is 0 Å². The van der Waals surface area contributed by atoms with Crippen molar-refractivity contribution in [3.8, 4) is 0 Å². The minimum atomic E-state index is -1.90. The van der Waals surface area contributed by atoms with Crippen LogP contribution in [0.3, 0.4) is 0 Å². The number of aliphatic hydroxyl groups excluding tert-OH is 1. The second kappa shape index (κ2) is 12.0. The minimum absolute atomic E-state index is 0.104. The van der Waals surface area contributed by atoms with Gasteiger partial charge >= 0.3 is 0 Å². The van der Waals surface area contributed by atoms with Gasteiger partial charge in [0.15, 0.2) is 0 Å². The van der Waals surface area contributed by atoms with Crippen LogP contribution in [0.2, 0.25) is 0 Å². The molecule has 5 nitrogen and oxygen atoms in total. The van der Waals surface area contributed by atoms with Crippen molar-refractivity contribution in [1.82, 2.24) is 0 Å². The summed E-state index contributed by atoms with van der Waals surface area (Å²) in [6.07, 6.45) is -5.74. The summed E-state index contributed by atoms with van der Waals surface area (Å²) in [5.41, 5.74) is 2.88. The molecule has 1 N–H and O–H groups in total. The van der Waals surface area contributed by atoms with Gasteiger partial charge in [-0.1, -0.05) is 91.0 Å². The Morgan fingerprint density at radius 1 is 0.667 bits per heavy atom. The highest BCUT2D eigenvalue weighted by atomic mass is 19.1. The molecule has 0 aliphatic carbocycles. The average molecular weight is 453 g/mol. The zero-order chi connectivity index (χ0) is 22.9. The van der Waals surface area contributed by atoms with E-state index in [1.165, 1.54) is 0 Å². The fraction of sp³-hybridized carbons (Fsp3) is 0.333. The first kappa shape index (κ1) is 23.5. The van der Waals surface area contributed by atoms with Crippen molar-refractivity contribution in [2.75, 3.05) is 6.61 Å². The minimum Gasteiger partial charge on any atom is -0.385 e. The van der Waals surface area contributed by atoms with Crippen molar-refractivity contribution in [2.45, 2.75) is 50.6 Å². The summed E-state index contributed by atoms with van der Waals surface area (Å²) in [6.45, 7) is 0.963. The van der Waals surface area contributed by atoms with Crippen LogP contribution in [0.5, 0.6) is 0 Å². The number of halogens is 1. The van der Waals surface area contributed by atoms with E-state index < -0.39 is 30.8 Å². The standard InChI is InChI=1S/C27H29FO5/c28-27-24(29)26(32-18-22-14-8-3-9-15-22)25(31-17-21-12-6-2-7-13-21)23(33-27)19-30-16-20-10-4-1-5-11-20/h1-15,23-27,29H,16-19H2/t23-,24-,25+,26-,27?/m1/s1. The van der Waals surface area contributed by atoms with E-state index >= 15 is 0 Å². The normalized spacial score (nSPS) is 25.1. The first-order valence-corrected chi connectivity index (χ1v) is 11.1. The predicted octanol–water partition coefficient (Wildman–Crippen LogP) is 4.43. The van der Waals surface area contributed by atoms with Crippen molar-refractivity contribution in [3.63, 3.8) is 0 Å². The Bertz CT molecular complexity index is 941. The number of rotatable bonds is 10. The van der Waals surface area contributed by atoms with Gasteiger partial charge in [-0.05, 0) is 16.7 Å². The maximum atomic E-state index is 14.6. The molecule has 4 rings (SSSR count). The van der Waals surface area contributed by atoms with E-state index in [4.69, 9.17) is 18.9 Å². The van der Waals surface area contributed by atoms with Crippen LogP contribution in [0.25, 0.3) is 0 Å². The third kappa shape index (κ3) is 6.69. The lowest BCUT2D eigenvalue weighted by atomic mass is 9.98. The largest absolute Gasteiger partial charge is 0.385 e. The lowest BCUT2D eigenvalue weighted by Crippen LogP contribution is -2.59. The monoisotopic (exact) mass is 452 g/mol.